The Morgan fingerprint density at radius 3 is 2.63 bits per heavy atom. The molecule has 30 heavy (non-hydrogen) atoms. The Kier molecular flexibility index (Phi) is 5.99. The summed E-state index contributed by atoms with van der Waals surface area (Å²) >= 11 is 1.10. The summed E-state index contributed by atoms with van der Waals surface area (Å²) in [6.07, 6.45) is 3.91. The number of aromatic nitrogens is 1. The average Bonchev–Trinajstić information content (AvgIpc) is 3.09. The van der Waals surface area contributed by atoms with Crippen molar-refractivity contribution in [2.45, 2.75) is 13.5 Å². The van der Waals surface area contributed by atoms with Crippen molar-refractivity contribution >= 4 is 29.0 Å². The molecule has 4 rings (SSSR count). The van der Waals surface area contributed by atoms with Crippen LogP contribution in [0, 0.1) is 6.92 Å². The molecular weight excluding hydrogens is 400 g/mol. The lowest BCUT2D eigenvalue weighted by Gasteiger charge is -2.25. The van der Waals surface area contributed by atoms with Crippen LogP contribution in [0.3, 0.4) is 0 Å². The van der Waals surface area contributed by atoms with Crippen LogP contribution < -0.4 is 19.2 Å². The van der Waals surface area contributed by atoms with Gasteiger partial charge in [-0.2, -0.15) is 0 Å². The number of carbonyl (C=O) groups is 1. The van der Waals surface area contributed by atoms with Gasteiger partial charge in [0.15, 0.2) is 11.5 Å². The summed E-state index contributed by atoms with van der Waals surface area (Å²) < 4.78 is 12.8. The van der Waals surface area contributed by atoms with Gasteiger partial charge < -0.3 is 14.4 Å². The number of hydrogen-bond donors (Lipinski definition) is 0. The molecule has 0 saturated heterocycles. The van der Waals surface area contributed by atoms with Gasteiger partial charge in [-0.05, 0) is 24.6 Å². The first-order valence-electron chi connectivity index (χ1n) is 9.68. The molecule has 7 heteroatoms. The van der Waals surface area contributed by atoms with Crippen LogP contribution in [0.4, 0.5) is 5.69 Å². The van der Waals surface area contributed by atoms with Gasteiger partial charge in [0.1, 0.15) is 19.8 Å². The molecule has 0 radical (unpaired) electrons. The number of amides is 1. The molecule has 0 atom stereocenters. The van der Waals surface area contributed by atoms with Gasteiger partial charge in [0, 0.05) is 29.4 Å². The molecule has 1 aromatic heterocycles. The van der Waals surface area contributed by atoms with Crippen molar-refractivity contribution < 1.29 is 14.3 Å². The molecule has 2 aromatic carbocycles. The van der Waals surface area contributed by atoms with E-state index in [9.17, 15) is 9.59 Å². The summed E-state index contributed by atoms with van der Waals surface area (Å²) in [5, 5.41) is 1.76. The smallest absolute Gasteiger partial charge is 0.307 e. The number of thiazole rings is 1. The van der Waals surface area contributed by atoms with E-state index in [0.29, 0.717) is 36.9 Å². The molecule has 1 amide bonds. The maximum Gasteiger partial charge on any atom is 0.307 e. The van der Waals surface area contributed by atoms with Crippen molar-refractivity contribution in [1.29, 1.82) is 0 Å². The summed E-state index contributed by atoms with van der Waals surface area (Å²) in [4.78, 5) is 26.8. The molecule has 0 spiro atoms. The normalized spacial score (nSPS) is 12.8. The van der Waals surface area contributed by atoms with Gasteiger partial charge in [-0.25, -0.2) is 0 Å². The van der Waals surface area contributed by atoms with Gasteiger partial charge in [0.25, 0.3) is 0 Å². The fourth-order valence-corrected chi connectivity index (χ4v) is 3.96. The molecule has 1 aliphatic rings. The van der Waals surface area contributed by atoms with Gasteiger partial charge in [-0.15, -0.1) is 0 Å². The van der Waals surface area contributed by atoms with Crippen LogP contribution in [0.5, 0.6) is 11.5 Å². The highest BCUT2D eigenvalue weighted by atomic mass is 32.1. The van der Waals surface area contributed by atoms with Gasteiger partial charge in [0.05, 0.1) is 0 Å². The third-order valence-electron chi connectivity index (χ3n) is 4.81. The zero-order chi connectivity index (χ0) is 20.9. The summed E-state index contributed by atoms with van der Waals surface area (Å²) in [6.45, 7) is 3.17. The zero-order valence-corrected chi connectivity index (χ0v) is 17.4. The standard InChI is InChI=1S/C23H22N2O4S/c1-17-16-30-23(27)25(17)15-22(26)24(11-5-8-18-6-3-2-4-7-18)19-9-10-20-21(14-19)29-13-12-28-20/h2-10,14,16H,11-13,15H2,1H3/b8-5+. The van der Waals surface area contributed by atoms with E-state index in [-0.39, 0.29) is 17.3 Å². The molecule has 0 aliphatic carbocycles. The van der Waals surface area contributed by atoms with Crippen LogP contribution in [0.2, 0.25) is 0 Å². The topological polar surface area (TPSA) is 60.8 Å². The summed E-state index contributed by atoms with van der Waals surface area (Å²) in [7, 11) is 0. The first-order valence-corrected chi connectivity index (χ1v) is 10.6. The number of benzene rings is 2. The van der Waals surface area contributed by atoms with E-state index in [1.807, 2.05) is 67.6 Å². The second kappa shape index (κ2) is 9.00. The molecular formula is C23H22N2O4S. The molecule has 3 aromatic rings. The lowest BCUT2D eigenvalue weighted by Crippen LogP contribution is -2.36. The number of aryl methyl sites for hydroxylation is 1. The number of fused-ring (bicyclic) bond motifs is 1. The van der Waals surface area contributed by atoms with Crippen molar-refractivity contribution in [2.24, 2.45) is 0 Å². The van der Waals surface area contributed by atoms with Crippen molar-refractivity contribution in [3.05, 3.63) is 80.9 Å². The Morgan fingerprint density at radius 1 is 1.13 bits per heavy atom. The van der Waals surface area contributed by atoms with Crippen molar-refractivity contribution in [3.8, 4) is 11.5 Å². The van der Waals surface area contributed by atoms with Crippen molar-refractivity contribution in [1.82, 2.24) is 4.57 Å². The number of nitrogens with zero attached hydrogens (tertiary/aromatic N) is 2. The SMILES string of the molecule is Cc1csc(=O)n1CC(=O)N(C/C=C/c1ccccc1)c1ccc2c(c1)OCCO2. The summed E-state index contributed by atoms with van der Waals surface area (Å²) in [5.74, 6) is 1.11. The van der Waals surface area contributed by atoms with Crippen LogP contribution in [-0.4, -0.2) is 30.2 Å². The molecule has 0 saturated carbocycles. The predicted molar refractivity (Wildman–Crippen MR) is 119 cm³/mol. The van der Waals surface area contributed by atoms with Gasteiger partial charge in [-0.3, -0.25) is 14.2 Å². The van der Waals surface area contributed by atoms with Gasteiger partial charge in [0.2, 0.25) is 5.91 Å². The van der Waals surface area contributed by atoms with E-state index in [1.54, 1.807) is 10.3 Å². The Bertz CT molecular complexity index is 1120. The second-order valence-corrected chi connectivity index (χ2v) is 7.70. The Balaban J connectivity index is 1.61. The zero-order valence-electron chi connectivity index (χ0n) is 16.6. The van der Waals surface area contributed by atoms with E-state index in [0.717, 1.165) is 22.6 Å². The van der Waals surface area contributed by atoms with Crippen LogP contribution in [0.25, 0.3) is 6.08 Å². The molecule has 0 bridgehead atoms. The van der Waals surface area contributed by atoms with Gasteiger partial charge >= 0.3 is 4.87 Å². The lowest BCUT2D eigenvalue weighted by molar-refractivity contribution is -0.119. The van der Waals surface area contributed by atoms with Crippen LogP contribution in [-0.2, 0) is 11.3 Å². The number of anilines is 1. The fourth-order valence-electron chi connectivity index (χ4n) is 3.23. The number of hydrogen-bond acceptors (Lipinski definition) is 5. The molecule has 0 N–H and O–H groups in total. The summed E-state index contributed by atoms with van der Waals surface area (Å²) in [5.41, 5.74) is 2.53. The minimum Gasteiger partial charge on any atom is -0.486 e. The van der Waals surface area contributed by atoms with Crippen LogP contribution in [0.15, 0.2) is 64.8 Å². The van der Waals surface area contributed by atoms with Crippen LogP contribution >= 0.6 is 11.3 Å². The highest BCUT2D eigenvalue weighted by molar-refractivity contribution is 7.07. The van der Waals surface area contributed by atoms with E-state index < -0.39 is 0 Å². The van der Waals surface area contributed by atoms with E-state index in [2.05, 4.69) is 0 Å². The maximum atomic E-state index is 13.2. The first kappa shape index (κ1) is 20.0. The summed E-state index contributed by atoms with van der Waals surface area (Å²) in [6, 6.07) is 15.4. The molecule has 2 heterocycles. The second-order valence-electron chi connectivity index (χ2n) is 6.87. The highest BCUT2D eigenvalue weighted by Gasteiger charge is 2.20. The number of ether oxygens (including phenoxy) is 2. The Hall–Kier alpha value is -3.32. The first-order chi connectivity index (χ1) is 14.6. The Morgan fingerprint density at radius 2 is 1.90 bits per heavy atom. The van der Waals surface area contributed by atoms with E-state index >= 15 is 0 Å². The van der Waals surface area contributed by atoms with E-state index in [4.69, 9.17) is 9.47 Å². The third kappa shape index (κ3) is 4.46. The maximum absolute atomic E-state index is 13.2. The number of carbonyl (C=O) groups excluding carboxylic acids is 1. The van der Waals surface area contributed by atoms with Crippen molar-refractivity contribution in [3.63, 3.8) is 0 Å². The van der Waals surface area contributed by atoms with Crippen molar-refractivity contribution in [2.75, 3.05) is 24.7 Å². The predicted octanol–water partition coefficient (Wildman–Crippen LogP) is 3.74. The highest BCUT2D eigenvalue weighted by Crippen LogP contribution is 2.34. The Labute approximate surface area is 178 Å². The fraction of sp³-hybridized carbons (Fsp3) is 0.217. The molecule has 154 valence electrons. The average molecular weight is 423 g/mol. The lowest BCUT2D eigenvalue weighted by atomic mass is 10.2. The largest absolute Gasteiger partial charge is 0.486 e. The minimum absolute atomic E-state index is 0.0121. The molecule has 0 unspecified atom stereocenters. The molecule has 1 aliphatic heterocycles. The monoisotopic (exact) mass is 422 g/mol. The van der Waals surface area contributed by atoms with E-state index in [1.165, 1.54) is 4.57 Å². The van der Waals surface area contributed by atoms with Crippen LogP contribution in [0.1, 0.15) is 11.3 Å². The number of rotatable bonds is 6. The molecule has 6 nitrogen and oxygen atoms in total. The third-order valence-corrected chi connectivity index (χ3v) is 5.69. The quantitative estimate of drug-likeness (QED) is 0.607. The van der Waals surface area contributed by atoms with Gasteiger partial charge in [-0.1, -0.05) is 53.8 Å². The molecule has 0 fully saturated rings. The minimum atomic E-state index is -0.173.